The number of rotatable bonds is 7. The standard InChI is InChI=1S/C17H26N2O5/c1-7-23-17(22)15-10(4)14(12(6)19-15)16(21)24-8-13(20)18-11(5)9(2)3/h9,11,19H,7-8H2,1-6H3,(H,18,20)/t11-/m1/s1. The van der Waals surface area contributed by atoms with E-state index >= 15 is 0 Å². The van der Waals surface area contributed by atoms with E-state index in [4.69, 9.17) is 9.47 Å². The smallest absolute Gasteiger partial charge is 0.355 e. The highest BCUT2D eigenvalue weighted by Crippen LogP contribution is 2.19. The summed E-state index contributed by atoms with van der Waals surface area (Å²) in [5.74, 6) is -1.25. The summed E-state index contributed by atoms with van der Waals surface area (Å²) < 4.78 is 10.00. The van der Waals surface area contributed by atoms with Gasteiger partial charge < -0.3 is 19.8 Å². The summed E-state index contributed by atoms with van der Waals surface area (Å²) in [4.78, 5) is 38.7. The number of aryl methyl sites for hydroxylation is 1. The van der Waals surface area contributed by atoms with Crippen molar-refractivity contribution in [3.05, 3.63) is 22.5 Å². The number of H-pyrrole nitrogens is 1. The second-order valence-electron chi connectivity index (χ2n) is 6.02. The van der Waals surface area contributed by atoms with Crippen molar-refractivity contribution in [3.63, 3.8) is 0 Å². The Bertz CT molecular complexity index is 619. The monoisotopic (exact) mass is 338 g/mol. The molecule has 1 amide bonds. The van der Waals surface area contributed by atoms with Gasteiger partial charge in [-0.2, -0.15) is 0 Å². The zero-order chi connectivity index (χ0) is 18.4. The maximum atomic E-state index is 12.2. The largest absolute Gasteiger partial charge is 0.461 e. The fourth-order valence-corrected chi connectivity index (χ4v) is 2.13. The number of carbonyl (C=O) groups is 3. The lowest BCUT2D eigenvalue weighted by Crippen LogP contribution is -2.38. The van der Waals surface area contributed by atoms with E-state index in [1.54, 1.807) is 20.8 Å². The van der Waals surface area contributed by atoms with Gasteiger partial charge in [0.1, 0.15) is 5.69 Å². The summed E-state index contributed by atoms with van der Waals surface area (Å²) >= 11 is 0. The molecular formula is C17H26N2O5. The van der Waals surface area contributed by atoms with Gasteiger partial charge in [-0.25, -0.2) is 9.59 Å². The molecule has 0 aliphatic heterocycles. The minimum Gasteiger partial charge on any atom is -0.461 e. The summed E-state index contributed by atoms with van der Waals surface area (Å²) in [6.45, 7) is 10.7. The number of aromatic nitrogens is 1. The van der Waals surface area contributed by atoms with E-state index in [0.29, 0.717) is 11.3 Å². The molecule has 7 nitrogen and oxygen atoms in total. The van der Waals surface area contributed by atoms with Crippen LogP contribution in [0, 0.1) is 19.8 Å². The molecule has 7 heteroatoms. The Morgan fingerprint density at radius 3 is 2.25 bits per heavy atom. The Hall–Kier alpha value is -2.31. The summed E-state index contributed by atoms with van der Waals surface area (Å²) in [7, 11) is 0. The summed E-state index contributed by atoms with van der Waals surface area (Å²) in [5, 5.41) is 2.76. The summed E-state index contributed by atoms with van der Waals surface area (Å²) in [5.41, 5.74) is 1.42. The van der Waals surface area contributed by atoms with Crippen molar-refractivity contribution in [2.45, 2.75) is 47.6 Å². The zero-order valence-corrected chi connectivity index (χ0v) is 15.1. The molecule has 0 fully saturated rings. The Morgan fingerprint density at radius 2 is 1.71 bits per heavy atom. The third kappa shape index (κ3) is 4.84. The van der Waals surface area contributed by atoms with Gasteiger partial charge in [-0.1, -0.05) is 13.8 Å². The Morgan fingerprint density at radius 1 is 1.08 bits per heavy atom. The number of nitrogens with one attached hydrogen (secondary N) is 2. The molecule has 0 radical (unpaired) electrons. The molecule has 0 unspecified atom stereocenters. The van der Waals surface area contributed by atoms with E-state index in [9.17, 15) is 14.4 Å². The maximum absolute atomic E-state index is 12.2. The van der Waals surface area contributed by atoms with Crippen molar-refractivity contribution in [3.8, 4) is 0 Å². The van der Waals surface area contributed by atoms with Gasteiger partial charge in [-0.05, 0) is 39.2 Å². The van der Waals surface area contributed by atoms with Crippen LogP contribution in [-0.4, -0.2) is 42.1 Å². The van der Waals surface area contributed by atoms with Crippen LogP contribution in [0.1, 0.15) is 59.8 Å². The molecule has 2 N–H and O–H groups in total. The fraction of sp³-hybridized carbons (Fsp3) is 0.588. The third-order valence-corrected chi connectivity index (χ3v) is 3.84. The Kier molecular flexibility index (Phi) is 7.00. The molecule has 0 spiro atoms. The van der Waals surface area contributed by atoms with Crippen LogP contribution in [-0.2, 0) is 14.3 Å². The first-order chi connectivity index (χ1) is 11.2. The number of hydrogen-bond donors (Lipinski definition) is 2. The van der Waals surface area contributed by atoms with E-state index < -0.39 is 11.9 Å². The average Bonchev–Trinajstić information content (AvgIpc) is 2.80. The van der Waals surface area contributed by atoms with E-state index in [1.165, 1.54) is 0 Å². The van der Waals surface area contributed by atoms with Crippen LogP contribution in [0.5, 0.6) is 0 Å². The highest BCUT2D eigenvalue weighted by Gasteiger charge is 2.24. The number of ether oxygens (including phenoxy) is 2. The molecule has 134 valence electrons. The topological polar surface area (TPSA) is 97.5 Å². The van der Waals surface area contributed by atoms with Crippen LogP contribution >= 0.6 is 0 Å². The first kappa shape index (κ1) is 19.7. The maximum Gasteiger partial charge on any atom is 0.355 e. The van der Waals surface area contributed by atoms with Crippen LogP contribution < -0.4 is 5.32 Å². The Labute approximate surface area is 142 Å². The van der Waals surface area contributed by atoms with E-state index in [0.717, 1.165) is 0 Å². The van der Waals surface area contributed by atoms with Gasteiger partial charge in [0.05, 0.1) is 12.2 Å². The predicted molar refractivity (Wildman–Crippen MR) is 88.9 cm³/mol. The number of amides is 1. The van der Waals surface area contributed by atoms with Crippen molar-refractivity contribution in [1.29, 1.82) is 0 Å². The third-order valence-electron chi connectivity index (χ3n) is 3.84. The summed E-state index contributed by atoms with van der Waals surface area (Å²) in [6.07, 6.45) is 0. The molecule has 0 saturated carbocycles. The van der Waals surface area contributed by atoms with Gasteiger partial charge in [0.2, 0.25) is 0 Å². The molecule has 0 aromatic carbocycles. The lowest BCUT2D eigenvalue weighted by atomic mass is 10.1. The van der Waals surface area contributed by atoms with Crippen molar-refractivity contribution >= 4 is 17.8 Å². The van der Waals surface area contributed by atoms with Gasteiger partial charge >= 0.3 is 11.9 Å². The van der Waals surface area contributed by atoms with E-state index in [1.807, 2.05) is 20.8 Å². The SMILES string of the molecule is CCOC(=O)c1[nH]c(C)c(C(=O)OCC(=O)N[C@H](C)C(C)C)c1C. The minimum absolute atomic E-state index is 0.0117. The number of hydrogen-bond acceptors (Lipinski definition) is 5. The highest BCUT2D eigenvalue weighted by atomic mass is 16.5. The minimum atomic E-state index is -0.649. The highest BCUT2D eigenvalue weighted by molar-refractivity contribution is 5.99. The zero-order valence-electron chi connectivity index (χ0n) is 15.1. The van der Waals surface area contributed by atoms with Crippen LogP contribution in [0.25, 0.3) is 0 Å². The molecule has 1 rings (SSSR count). The quantitative estimate of drug-likeness (QED) is 0.742. The molecule has 1 aromatic rings. The van der Waals surface area contributed by atoms with Crippen molar-refractivity contribution in [2.24, 2.45) is 5.92 Å². The molecule has 1 aromatic heterocycles. The van der Waals surface area contributed by atoms with Gasteiger partial charge in [-0.3, -0.25) is 4.79 Å². The van der Waals surface area contributed by atoms with Crippen LogP contribution in [0.2, 0.25) is 0 Å². The van der Waals surface area contributed by atoms with Crippen molar-refractivity contribution in [2.75, 3.05) is 13.2 Å². The molecule has 24 heavy (non-hydrogen) atoms. The van der Waals surface area contributed by atoms with E-state index in [2.05, 4.69) is 10.3 Å². The number of carbonyl (C=O) groups excluding carboxylic acids is 3. The van der Waals surface area contributed by atoms with E-state index in [-0.39, 0.29) is 42.3 Å². The predicted octanol–water partition coefficient (Wildman–Crippen LogP) is 2.13. The van der Waals surface area contributed by atoms with Crippen molar-refractivity contribution < 1.29 is 23.9 Å². The first-order valence-corrected chi connectivity index (χ1v) is 8.01. The van der Waals surface area contributed by atoms with Gasteiger partial charge in [0.25, 0.3) is 5.91 Å². The Balaban J connectivity index is 2.75. The fourth-order valence-electron chi connectivity index (χ4n) is 2.13. The van der Waals surface area contributed by atoms with Gasteiger partial charge in [0.15, 0.2) is 6.61 Å². The van der Waals surface area contributed by atoms with Gasteiger partial charge in [0, 0.05) is 11.7 Å². The van der Waals surface area contributed by atoms with Crippen LogP contribution in [0.15, 0.2) is 0 Å². The molecule has 0 saturated heterocycles. The number of aromatic amines is 1. The average molecular weight is 338 g/mol. The summed E-state index contributed by atoms with van der Waals surface area (Å²) in [6, 6.07) is -0.0117. The first-order valence-electron chi connectivity index (χ1n) is 8.01. The molecule has 0 aliphatic rings. The normalized spacial score (nSPS) is 12.0. The second-order valence-corrected chi connectivity index (χ2v) is 6.02. The van der Waals surface area contributed by atoms with Crippen molar-refractivity contribution in [1.82, 2.24) is 10.3 Å². The lowest BCUT2D eigenvalue weighted by molar-refractivity contribution is -0.125. The van der Waals surface area contributed by atoms with Crippen LogP contribution in [0.3, 0.4) is 0 Å². The molecular weight excluding hydrogens is 312 g/mol. The van der Waals surface area contributed by atoms with Crippen LogP contribution in [0.4, 0.5) is 0 Å². The second kappa shape index (κ2) is 8.52. The molecule has 0 bridgehead atoms. The molecule has 0 aliphatic carbocycles. The molecule has 1 heterocycles. The van der Waals surface area contributed by atoms with Gasteiger partial charge in [-0.15, -0.1) is 0 Å². The lowest BCUT2D eigenvalue weighted by Gasteiger charge is -2.17. The molecule has 1 atom stereocenters. The number of esters is 2.